The zero-order valence-electron chi connectivity index (χ0n) is 13.4. The van der Waals surface area contributed by atoms with Crippen LogP contribution in [0.15, 0.2) is 12.7 Å². The maximum Gasteiger partial charge on any atom is 0.224 e. The van der Waals surface area contributed by atoms with Crippen molar-refractivity contribution in [2.75, 3.05) is 12.3 Å². The highest BCUT2D eigenvalue weighted by molar-refractivity contribution is 7.79. The Balaban J connectivity index is 0.000000688. The summed E-state index contributed by atoms with van der Waals surface area (Å²) >= 11 is -1.93. The molecule has 1 rings (SSSR count). The highest BCUT2D eigenvalue weighted by Gasteiger charge is 2.53. The van der Waals surface area contributed by atoms with Crippen molar-refractivity contribution in [3.8, 4) is 0 Å². The molecule has 3 atom stereocenters. The van der Waals surface area contributed by atoms with Gasteiger partial charge in [-0.05, 0) is 12.8 Å². The fourth-order valence-electron chi connectivity index (χ4n) is 2.37. The molecule has 2 unspecified atom stereocenters. The molecule has 0 aromatic carbocycles. The van der Waals surface area contributed by atoms with E-state index in [1.54, 1.807) is 0 Å². The molecule has 1 fully saturated rings. The first-order valence-corrected chi connectivity index (χ1v) is 8.70. The Bertz CT molecular complexity index is 446. The van der Waals surface area contributed by atoms with Crippen LogP contribution in [0.4, 0.5) is 0 Å². The molecule has 9 heteroatoms. The van der Waals surface area contributed by atoms with Gasteiger partial charge in [-0.25, -0.2) is 0 Å². The van der Waals surface area contributed by atoms with Crippen molar-refractivity contribution in [3.63, 3.8) is 0 Å². The van der Waals surface area contributed by atoms with Gasteiger partial charge in [0.1, 0.15) is 0 Å². The summed E-state index contributed by atoms with van der Waals surface area (Å²) in [7, 11) is 0. The third kappa shape index (κ3) is 6.48. The number of carbonyl (C=O) groups is 2. The molecule has 0 bridgehead atoms. The number of hydrogen-bond acceptors (Lipinski definition) is 7. The number of rotatable bonds is 8. The van der Waals surface area contributed by atoms with Crippen molar-refractivity contribution >= 4 is 22.8 Å². The van der Waals surface area contributed by atoms with Crippen LogP contribution in [0.25, 0.3) is 0 Å². The fraction of sp³-hybridized carbons (Fsp3) is 0.714. The van der Waals surface area contributed by atoms with Crippen LogP contribution in [0, 0.1) is 5.92 Å². The lowest BCUT2D eigenvalue weighted by atomic mass is 9.87. The SMILES string of the molecule is C=CCS(=O)[O-].CCCCCC(=O)[C@@]1(N)C(C(N)=O)CCN1O. The lowest BCUT2D eigenvalue weighted by Gasteiger charge is -2.32. The van der Waals surface area contributed by atoms with E-state index in [1.165, 1.54) is 6.08 Å². The molecule has 0 aromatic rings. The van der Waals surface area contributed by atoms with E-state index in [4.69, 9.17) is 11.5 Å². The van der Waals surface area contributed by atoms with Crippen molar-refractivity contribution in [2.45, 2.75) is 44.7 Å². The summed E-state index contributed by atoms with van der Waals surface area (Å²) in [5.41, 5.74) is 9.49. The van der Waals surface area contributed by atoms with E-state index in [1.807, 2.05) is 6.92 Å². The van der Waals surface area contributed by atoms with E-state index in [2.05, 4.69) is 6.58 Å². The Morgan fingerprint density at radius 3 is 2.52 bits per heavy atom. The molecule has 1 heterocycles. The molecule has 8 nitrogen and oxygen atoms in total. The number of carbonyl (C=O) groups excluding carboxylic acids is 2. The smallest absolute Gasteiger partial charge is 0.224 e. The van der Waals surface area contributed by atoms with Crippen LogP contribution >= 0.6 is 0 Å². The second kappa shape index (κ2) is 10.6. The summed E-state index contributed by atoms with van der Waals surface area (Å²) in [6.07, 6.45) is 4.56. The molecular formula is C14H26N3O5S-. The van der Waals surface area contributed by atoms with Crippen LogP contribution in [0.5, 0.6) is 0 Å². The number of hydroxylamine groups is 2. The summed E-state index contributed by atoms with van der Waals surface area (Å²) in [6.45, 7) is 5.44. The number of ketones is 1. The van der Waals surface area contributed by atoms with Gasteiger partial charge in [-0.15, -0.1) is 6.58 Å². The van der Waals surface area contributed by atoms with Gasteiger partial charge in [0.25, 0.3) is 0 Å². The first kappa shape index (κ1) is 21.9. The molecule has 134 valence electrons. The van der Waals surface area contributed by atoms with Crippen LogP contribution in [0.1, 0.15) is 39.0 Å². The maximum absolute atomic E-state index is 12.0. The first-order chi connectivity index (χ1) is 10.7. The number of nitrogens with two attached hydrogens (primary N) is 2. The van der Waals surface area contributed by atoms with E-state index in [9.17, 15) is 23.6 Å². The van der Waals surface area contributed by atoms with E-state index in [0.29, 0.717) is 12.8 Å². The van der Waals surface area contributed by atoms with Crippen LogP contribution in [0.3, 0.4) is 0 Å². The molecule has 5 N–H and O–H groups in total. The Labute approximate surface area is 139 Å². The number of nitrogens with zero attached hydrogens (tertiary/aromatic N) is 1. The van der Waals surface area contributed by atoms with E-state index >= 15 is 0 Å². The van der Waals surface area contributed by atoms with Gasteiger partial charge >= 0.3 is 0 Å². The van der Waals surface area contributed by atoms with Crippen molar-refractivity contribution < 1.29 is 23.6 Å². The lowest BCUT2D eigenvalue weighted by Crippen LogP contribution is -2.63. The van der Waals surface area contributed by atoms with Crippen molar-refractivity contribution in [2.24, 2.45) is 17.4 Å². The molecule has 23 heavy (non-hydrogen) atoms. The van der Waals surface area contributed by atoms with E-state index in [0.717, 1.165) is 17.9 Å². The summed E-state index contributed by atoms with van der Waals surface area (Å²) in [6, 6.07) is 0. The van der Waals surface area contributed by atoms with Gasteiger partial charge in [-0.1, -0.05) is 36.9 Å². The molecule has 0 aromatic heterocycles. The Morgan fingerprint density at radius 2 is 2.13 bits per heavy atom. The topological polar surface area (TPSA) is 150 Å². The van der Waals surface area contributed by atoms with Gasteiger partial charge in [0.15, 0.2) is 11.4 Å². The van der Waals surface area contributed by atoms with Gasteiger partial charge < -0.3 is 21.2 Å². The van der Waals surface area contributed by atoms with Gasteiger partial charge in [0.05, 0.1) is 5.92 Å². The van der Waals surface area contributed by atoms with E-state index < -0.39 is 28.6 Å². The molecule has 0 radical (unpaired) electrons. The second-order valence-corrected chi connectivity index (χ2v) is 6.27. The summed E-state index contributed by atoms with van der Waals surface area (Å²) in [5.74, 6) is -1.69. The fourth-order valence-corrected chi connectivity index (χ4v) is 2.56. The summed E-state index contributed by atoms with van der Waals surface area (Å²) < 4.78 is 19.1. The number of hydrogen-bond donors (Lipinski definition) is 3. The van der Waals surface area contributed by atoms with Crippen LogP contribution < -0.4 is 11.5 Å². The normalized spacial score (nSPS) is 25.3. The molecule has 1 saturated heterocycles. The molecule has 0 saturated carbocycles. The monoisotopic (exact) mass is 348 g/mol. The predicted molar refractivity (Wildman–Crippen MR) is 85.8 cm³/mol. The standard InChI is InChI=1S/C11H21N3O3.C3H6O2S/c1-2-3-4-5-9(15)11(13)8(10(12)16)6-7-14(11)17;1-2-3-6(4)5/h8,17H,2-7,13H2,1H3,(H2,12,16);2H,1,3H2,(H,4,5)/p-1/t8?,11-;/m1./s1. The molecule has 1 amide bonds. The number of unbranched alkanes of at least 4 members (excludes halogenated alkanes) is 2. The zero-order chi connectivity index (χ0) is 18.0. The number of Topliss-reactive ketones (excluding diaryl/α,β-unsaturated/α-hetero) is 1. The Kier molecular flexibility index (Phi) is 10.1. The second-order valence-electron chi connectivity index (χ2n) is 5.33. The van der Waals surface area contributed by atoms with Crippen LogP contribution in [0.2, 0.25) is 0 Å². The van der Waals surface area contributed by atoms with E-state index in [-0.39, 0.29) is 24.5 Å². The highest BCUT2D eigenvalue weighted by Crippen LogP contribution is 2.31. The number of primary amides is 1. The molecule has 0 spiro atoms. The molecule has 1 aliphatic heterocycles. The predicted octanol–water partition coefficient (Wildman–Crippen LogP) is 0.0387. The summed E-state index contributed by atoms with van der Waals surface area (Å²) in [5, 5.41) is 10.4. The zero-order valence-corrected chi connectivity index (χ0v) is 14.2. The van der Waals surface area contributed by atoms with Crippen molar-refractivity contribution in [1.82, 2.24) is 5.06 Å². The highest BCUT2D eigenvalue weighted by atomic mass is 32.2. The number of amides is 1. The van der Waals surface area contributed by atoms with Crippen molar-refractivity contribution in [1.29, 1.82) is 0 Å². The lowest BCUT2D eigenvalue weighted by molar-refractivity contribution is -0.175. The average molecular weight is 348 g/mol. The first-order valence-electron chi connectivity index (χ1n) is 7.46. The van der Waals surface area contributed by atoms with Gasteiger partial charge in [0.2, 0.25) is 5.91 Å². The van der Waals surface area contributed by atoms with Crippen molar-refractivity contribution in [3.05, 3.63) is 12.7 Å². The summed E-state index contributed by atoms with van der Waals surface area (Å²) in [4.78, 5) is 23.3. The molecule has 1 aliphatic rings. The molecule has 0 aliphatic carbocycles. The van der Waals surface area contributed by atoms with Crippen LogP contribution in [-0.4, -0.2) is 48.7 Å². The maximum atomic E-state index is 12.0. The Morgan fingerprint density at radius 1 is 1.52 bits per heavy atom. The third-order valence-electron chi connectivity index (χ3n) is 3.64. The van der Waals surface area contributed by atoms with Gasteiger partial charge in [-0.3, -0.25) is 13.8 Å². The minimum atomic E-state index is -1.93. The Hall–Kier alpha value is -1.13. The largest absolute Gasteiger partial charge is 0.772 e. The average Bonchev–Trinajstić information content (AvgIpc) is 2.77. The van der Waals surface area contributed by atoms with Crippen LogP contribution in [-0.2, 0) is 20.7 Å². The minimum Gasteiger partial charge on any atom is -0.772 e. The minimum absolute atomic E-state index is 0.0556. The third-order valence-corrected chi connectivity index (χ3v) is 4.15. The van der Waals surface area contributed by atoms with Gasteiger partial charge in [-0.2, -0.15) is 5.06 Å². The van der Waals surface area contributed by atoms with Gasteiger partial charge in [0, 0.05) is 18.7 Å². The molecular weight excluding hydrogens is 322 g/mol. The quantitative estimate of drug-likeness (QED) is 0.318.